The van der Waals surface area contributed by atoms with Crippen LogP contribution in [-0.4, -0.2) is 49.6 Å². The van der Waals surface area contributed by atoms with Crippen molar-refractivity contribution in [2.45, 2.75) is 56.5 Å². The zero-order valence-corrected chi connectivity index (χ0v) is 20.0. The van der Waals surface area contributed by atoms with Gasteiger partial charge in [-0.2, -0.15) is 9.49 Å². The number of benzene rings is 1. The molecular formula is C27H28FN5O3. The Balaban J connectivity index is 1.26. The van der Waals surface area contributed by atoms with E-state index in [-0.39, 0.29) is 5.91 Å². The molecule has 0 spiro atoms. The number of nitrogens with one attached hydrogen (secondary N) is 1. The van der Waals surface area contributed by atoms with Crippen LogP contribution in [0.2, 0.25) is 0 Å². The minimum Gasteiger partial charge on any atom is -0.378 e. The second kappa shape index (κ2) is 9.82. The molecule has 5 rings (SSSR count). The summed E-state index contributed by atoms with van der Waals surface area (Å²) >= 11 is 0. The molecule has 1 aliphatic heterocycles. The van der Waals surface area contributed by atoms with Gasteiger partial charge >= 0.3 is 0 Å². The number of carbonyl (C=O) groups excluding carboxylic acids is 1. The van der Waals surface area contributed by atoms with E-state index >= 15 is 0 Å². The maximum atomic E-state index is 13.4. The van der Waals surface area contributed by atoms with E-state index in [2.05, 4.69) is 27.2 Å². The average molecular weight is 490 g/mol. The summed E-state index contributed by atoms with van der Waals surface area (Å²) < 4.78 is 14.7. The van der Waals surface area contributed by atoms with Crippen LogP contribution < -0.4 is 10.2 Å². The SMILES string of the molecule is CN1C(=O)[C@H](NC(O)n2cc(Cc3cccc(F)n3)cn2)CCc2ccc(C#CC3(O)CCC3)cc21. The smallest absolute Gasteiger partial charge is 0.244 e. The second-order valence-electron chi connectivity index (χ2n) is 9.46. The van der Waals surface area contributed by atoms with Crippen molar-refractivity contribution in [1.82, 2.24) is 20.1 Å². The van der Waals surface area contributed by atoms with Crippen molar-refractivity contribution in [1.29, 1.82) is 0 Å². The molecule has 1 fully saturated rings. The van der Waals surface area contributed by atoms with Gasteiger partial charge in [-0.25, -0.2) is 9.67 Å². The first kappa shape index (κ1) is 24.1. The molecule has 9 heteroatoms. The molecule has 1 aromatic carbocycles. The van der Waals surface area contributed by atoms with Crippen LogP contribution >= 0.6 is 0 Å². The summed E-state index contributed by atoms with van der Waals surface area (Å²) in [7, 11) is 1.71. The third-order valence-electron chi connectivity index (χ3n) is 6.81. The van der Waals surface area contributed by atoms with Gasteiger partial charge in [-0.05, 0) is 67.5 Å². The monoisotopic (exact) mass is 489 g/mol. The van der Waals surface area contributed by atoms with E-state index < -0.39 is 23.9 Å². The minimum absolute atomic E-state index is 0.174. The molecule has 186 valence electrons. The van der Waals surface area contributed by atoms with Gasteiger partial charge < -0.3 is 15.1 Å². The first-order chi connectivity index (χ1) is 17.3. The molecule has 2 aliphatic rings. The van der Waals surface area contributed by atoms with Crippen LogP contribution in [0.15, 0.2) is 48.8 Å². The minimum atomic E-state index is -1.22. The average Bonchev–Trinajstić information content (AvgIpc) is 3.28. The van der Waals surface area contributed by atoms with Gasteiger partial charge in [-0.3, -0.25) is 10.1 Å². The maximum Gasteiger partial charge on any atom is 0.244 e. The fourth-order valence-corrected chi connectivity index (χ4v) is 4.54. The van der Waals surface area contributed by atoms with Crippen molar-refractivity contribution in [2.24, 2.45) is 0 Å². The van der Waals surface area contributed by atoms with Gasteiger partial charge in [0.1, 0.15) is 5.60 Å². The quantitative estimate of drug-likeness (QED) is 0.289. The molecule has 1 unspecified atom stereocenters. The van der Waals surface area contributed by atoms with Crippen molar-refractivity contribution in [3.8, 4) is 11.8 Å². The third kappa shape index (κ3) is 5.16. The van der Waals surface area contributed by atoms with Crippen molar-refractivity contribution >= 4 is 11.6 Å². The first-order valence-corrected chi connectivity index (χ1v) is 12.0. The standard InChI is InChI=1S/C27H28FN5O3/c1-32-23-15-18(10-13-27(36)11-3-12-27)6-7-20(23)8-9-22(25(32)34)31-26(35)33-17-19(16-29-33)14-21-4-2-5-24(28)30-21/h2,4-7,15-17,22,26,31,35-36H,3,8-9,11-12,14H2,1H3/t22-,26?/m1/s1. The molecular weight excluding hydrogens is 461 g/mol. The van der Waals surface area contributed by atoms with E-state index in [9.17, 15) is 19.4 Å². The van der Waals surface area contributed by atoms with Gasteiger partial charge in [-0.15, -0.1) is 0 Å². The number of halogens is 1. The summed E-state index contributed by atoms with van der Waals surface area (Å²) in [6.07, 6.45) is 5.89. The summed E-state index contributed by atoms with van der Waals surface area (Å²) in [5.41, 5.74) is 2.96. The number of carbonyl (C=O) groups is 1. The Morgan fingerprint density at radius 1 is 1.31 bits per heavy atom. The first-order valence-electron chi connectivity index (χ1n) is 12.0. The number of aromatic nitrogens is 3. The number of aryl methyl sites for hydroxylation is 1. The second-order valence-corrected chi connectivity index (χ2v) is 9.46. The molecule has 3 aromatic rings. The Bertz CT molecular complexity index is 1340. The zero-order valence-electron chi connectivity index (χ0n) is 20.0. The van der Waals surface area contributed by atoms with Crippen LogP contribution in [0.1, 0.15) is 54.4 Å². The lowest BCUT2D eigenvalue weighted by atomic mass is 9.81. The van der Waals surface area contributed by atoms with Gasteiger partial charge in [0.15, 0.2) is 0 Å². The summed E-state index contributed by atoms with van der Waals surface area (Å²) in [5, 5.41) is 28.2. The lowest BCUT2D eigenvalue weighted by Gasteiger charge is -2.30. The molecule has 0 radical (unpaired) electrons. The number of aliphatic hydroxyl groups is 2. The molecule has 2 atom stereocenters. The fraction of sp³-hybridized carbons (Fsp3) is 0.370. The summed E-state index contributed by atoms with van der Waals surface area (Å²) in [5.74, 6) is 5.29. The van der Waals surface area contributed by atoms with Gasteiger partial charge in [0.2, 0.25) is 18.2 Å². The van der Waals surface area contributed by atoms with Crippen LogP contribution in [-0.2, 0) is 17.6 Å². The van der Waals surface area contributed by atoms with Gasteiger partial charge in [-0.1, -0.05) is 24.0 Å². The number of likely N-dealkylation sites (N-methyl/N-ethyl adjacent to an activating group) is 1. The number of amides is 1. The molecule has 1 saturated carbocycles. The molecule has 8 nitrogen and oxygen atoms in total. The Labute approximate surface area is 208 Å². The Morgan fingerprint density at radius 3 is 2.89 bits per heavy atom. The molecule has 0 saturated heterocycles. The summed E-state index contributed by atoms with van der Waals surface area (Å²) in [6.45, 7) is 0. The van der Waals surface area contributed by atoms with Crippen molar-refractivity contribution in [3.05, 3.63) is 77.1 Å². The number of anilines is 1. The summed E-state index contributed by atoms with van der Waals surface area (Å²) in [6, 6.07) is 9.73. The van der Waals surface area contributed by atoms with E-state index in [1.54, 1.807) is 36.5 Å². The number of fused-ring (bicyclic) bond motifs is 1. The lowest BCUT2D eigenvalue weighted by molar-refractivity contribution is -0.122. The van der Waals surface area contributed by atoms with Crippen LogP contribution in [0.3, 0.4) is 0 Å². The highest BCUT2D eigenvalue weighted by Gasteiger charge is 2.32. The predicted octanol–water partition coefficient (Wildman–Crippen LogP) is 2.29. The predicted molar refractivity (Wildman–Crippen MR) is 131 cm³/mol. The van der Waals surface area contributed by atoms with Crippen LogP contribution in [0.4, 0.5) is 10.1 Å². The van der Waals surface area contributed by atoms with Crippen molar-refractivity contribution in [3.63, 3.8) is 0 Å². The third-order valence-corrected chi connectivity index (χ3v) is 6.81. The summed E-state index contributed by atoms with van der Waals surface area (Å²) in [4.78, 5) is 18.7. The number of hydrogen-bond acceptors (Lipinski definition) is 6. The molecule has 36 heavy (non-hydrogen) atoms. The number of pyridine rings is 1. The highest BCUT2D eigenvalue weighted by Crippen LogP contribution is 2.31. The van der Waals surface area contributed by atoms with Crippen molar-refractivity contribution in [2.75, 3.05) is 11.9 Å². The Morgan fingerprint density at radius 2 is 2.14 bits per heavy atom. The van der Waals surface area contributed by atoms with E-state index in [0.717, 1.165) is 28.8 Å². The normalized spacial score (nSPS) is 19.5. The molecule has 3 heterocycles. The molecule has 1 amide bonds. The molecule has 1 aliphatic carbocycles. The van der Waals surface area contributed by atoms with E-state index in [4.69, 9.17) is 0 Å². The lowest BCUT2D eigenvalue weighted by Crippen LogP contribution is -2.47. The zero-order chi connectivity index (χ0) is 25.3. The number of rotatable bonds is 5. The molecule has 0 bridgehead atoms. The topological polar surface area (TPSA) is 104 Å². The van der Waals surface area contributed by atoms with Gasteiger partial charge in [0, 0.05) is 36.6 Å². The number of aliphatic hydroxyl groups excluding tert-OH is 1. The van der Waals surface area contributed by atoms with E-state index in [0.29, 0.717) is 37.8 Å². The van der Waals surface area contributed by atoms with Crippen molar-refractivity contribution < 1.29 is 19.4 Å². The largest absolute Gasteiger partial charge is 0.378 e. The highest BCUT2D eigenvalue weighted by molar-refractivity contribution is 5.98. The Kier molecular flexibility index (Phi) is 6.58. The maximum absolute atomic E-state index is 13.4. The van der Waals surface area contributed by atoms with Gasteiger partial charge in [0.25, 0.3) is 0 Å². The van der Waals surface area contributed by atoms with Crippen LogP contribution in [0.5, 0.6) is 0 Å². The van der Waals surface area contributed by atoms with Gasteiger partial charge in [0.05, 0.1) is 12.2 Å². The highest BCUT2D eigenvalue weighted by atomic mass is 19.1. The number of hydrogen-bond donors (Lipinski definition) is 3. The number of nitrogens with zero attached hydrogens (tertiary/aromatic N) is 4. The fourth-order valence-electron chi connectivity index (χ4n) is 4.54. The van der Waals surface area contributed by atoms with E-state index in [1.165, 1.54) is 10.7 Å². The van der Waals surface area contributed by atoms with Crippen LogP contribution in [0.25, 0.3) is 0 Å². The van der Waals surface area contributed by atoms with Crippen LogP contribution in [0, 0.1) is 17.8 Å². The van der Waals surface area contributed by atoms with E-state index in [1.807, 2.05) is 18.2 Å². The Hall–Kier alpha value is -3.58. The molecule has 2 aromatic heterocycles. The molecule has 3 N–H and O–H groups in total.